The number of aryl methyl sites for hydroxylation is 2. The van der Waals surface area contributed by atoms with Crippen molar-refractivity contribution in [2.24, 2.45) is 0 Å². The first kappa shape index (κ1) is 16.2. The fourth-order valence-electron chi connectivity index (χ4n) is 2.61. The van der Waals surface area contributed by atoms with Crippen LogP contribution >= 0.6 is 0 Å². The number of rotatable bonds is 5. The smallest absolute Gasteiger partial charge is 0.263 e. The zero-order chi connectivity index (χ0) is 17.3. The molecule has 0 radical (unpaired) electrons. The van der Waals surface area contributed by atoms with Gasteiger partial charge in [-0.05, 0) is 38.3 Å². The zero-order valence-corrected chi connectivity index (χ0v) is 14.0. The number of nitrogens with one attached hydrogen (secondary N) is 2. The highest BCUT2D eigenvalue weighted by Gasteiger charge is 2.26. The summed E-state index contributed by atoms with van der Waals surface area (Å²) in [6.07, 6.45) is 3.42. The minimum atomic E-state index is -0.465. The molecule has 0 atom stereocenters. The van der Waals surface area contributed by atoms with Crippen LogP contribution in [0.25, 0.3) is 0 Å². The Morgan fingerprint density at radius 3 is 2.79 bits per heavy atom. The number of pyridine rings is 1. The van der Waals surface area contributed by atoms with Crippen molar-refractivity contribution in [3.8, 4) is 5.88 Å². The van der Waals surface area contributed by atoms with Gasteiger partial charge in [0.25, 0.3) is 11.5 Å². The van der Waals surface area contributed by atoms with E-state index in [-0.39, 0.29) is 12.1 Å². The Labute approximate surface area is 139 Å². The summed E-state index contributed by atoms with van der Waals surface area (Å²) in [4.78, 5) is 35.5. The number of methoxy groups -OCH3 is 1. The summed E-state index contributed by atoms with van der Waals surface area (Å²) in [6.45, 7) is 4.03. The number of carbonyl (C=O) groups is 1. The molecule has 2 aromatic heterocycles. The summed E-state index contributed by atoms with van der Waals surface area (Å²) < 4.78 is 5.28. The molecule has 1 amide bonds. The number of hydrogen-bond acceptors (Lipinski definition) is 5. The van der Waals surface area contributed by atoms with Gasteiger partial charge in [0.1, 0.15) is 11.4 Å². The van der Waals surface area contributed by atoms with Crippen molar-refractivity contribution >= 4 is 5.91 Å². The molecule has 24 heavy (non-hydrogen) atoms. The molecule has 0 aliphatic heterocycles. The maximum absolute atomic E-state index is 12.3. The molecular weight excluding hydrogens is 308 g/mol. The lowest BCUT2D eigenvalue weighted by atomic mass is 10.1. The lowest BCUT2D eigenvalue weighted by molar-refractivity contribution is 0.0948. The number of aromatic nitrogens is 3. The number of nitrogens with zero attached hydrogens (tertiary/aromatic N) is 2. The third kappa shape index (κ3) is 3.29. The van der Waals surface area contributed by atoms with Crippen LogP contribution in [-0.4, -0.2) is 28.0 Å². The Morgan fingerprint density at radius 2 is 2.17 bits per heavy atom. The average molecular weight is 328 g/mol. The Balaban J connectivity index is 1.75. The van der Waals surface area contributed by atoms with Gasteiger partial charge in [0, 0.05) is 29.9 Å². The van der Waals surface area contributed by atoms with E-state index >= 15 is 0 Å². The quantitative estimate of drug-likeness (QED) is 0.869. The van der Waals surface area contributed by atoms with Gasteiger partial charge < -0.3 is 15.0 Å². The van der Waals surface area contributed by atoms with Crippen LogP contribution in [0.4, 0.5) is 0 Å². The van der Waals surface area contributed by atoms with E-state index in [1.807, 2.05) is 19.9 Å². The normalized spacial score (nSPS) is 13.6. The Bertz CT molecular complexity index is 840. The van der Waals surface area contributed by atoms with Crippen molar-refractivity contribution in [1.82, 2.24) is 20.3 Å². The van der Waals surface area contributed by atoms with E-state index in [2.05, 4.69) is 20.3 Å². The summed E-state index contributed by atoms with van der Waals surface area (Å²) in [6, 6.07) is 1.92. The summed E-state index contributed by atoms with van der Waals surface area (Å²) in [7, 11) is 1.54. The van der Waals surface area contributed by atoms with Crippen LogP contribution < -0.4 is 15.6 Å². The monoisotopic (exact) mass is 328 g/mol. The van der Waals surface area contributed by atoms with Gasteiger partial charge in [0.05, 0.1) is 7.11 Å². The van der Waals surface area contributed by atoms with Gasteiger partial charge in [-0.3, -0.25) is 9.59 Å². The van der Waals surface area contributed by atoms with Gasteiger partial charge >= 0.3 is 0 Å². The summed E-state index contributed by atoms with van der Waals surface area (Å²) in [5, 5.41) is 2.74. The third-order valence-electron chi connectivity index (χ3n) is 4.08. The highest BCUT2D eigenvalue weighted by Crippen LogP contribution is 2.37. The number of H-pyrrole nitrogens is 1. The number of ether oxygens (including phenoxy) is 1. The van der Waals surface area contributed by atoms with Gasteiger partial charge in [-0.1, -0.05) is 0 Å². The van der Waals surface area contributed by atoms with Gasteiger partial charge in [-0.2, -0.15) is 0 Å². The molecular formula is C17H20N4O3. The van der Waals surface area contributed by atoms with Crippen molar-refractivity contribution in [3.63, 3.8) is 0 Å². The Hall–Kier alpha value is -2.70. The van der Waals surface area contributed by atoms with E-state index in [1.165, 1.54) is 13.3 Å². The molecule has 2 aromatic rings. The van der Waals surface area contributed by atoms with Crippen LogP contribution in [0.2, 0.25) is 0 Å². The number of hydrogen-bond donors (Lipinski definition) is 2. The zero-order valence-electron chi connectivity index (χ0n) is 14.0. The van der Waals surface area contributed by atoms with E-state index in [4.69, 9.17) is 4.74 Å². The van der Waals surface area contributed by atoms with Gasteiger partial charge in [-0.25, -0.2) is 9.97 Å². The van der Waals surface area contributed by atoms with Crippen LogP contribution in [0.3, 0.4) is 0 Å². The fraction of sp³-hybridized carbons (Fsp3) is 0.412. The first-order valence-electron chi connectivity index (χ1n) is 7.88. The van der Waals surface area contributed by atoms with Gasteiger partial charge in [0.15, 0.2) is 0 Å². The summed E-state index contributed by atoms with van der Waals surface area (Å²) >= 11 is 0. The highest BCUT2D eigenvalue weighted by molar-refractivity contribution is 5.93. The predicted molar refractivity (Wildman–Crippen MR) is 88.3 cm³/mol. The van der Waals surface area contributed by atoms with Crippen LogP contribution in [0.1, 0.15) is 51.8 Å². The molecule has 0 aromatic carbocycles. The Morgan fingerprint density at radius 1 is 1.42 bits per heavy atom. The molecule has 1 fully saturated rings. The standard InChI is InChI=1S/C17H20N4O3/c1-9-6-10(2)20-17(24-3)12(9)7-19-15(22)13-8-18-14(11-4-5-11)21-16(13)23/h6,8,11H,4-5,7H2,1-3H3,(H,19,22)(H,18,21,23). The summed E-state index contributed by atoms with van der Waals surface area (Å²) in [5.74, 6) is 1.01. The topological polar surface area (TPSA) is 97.0 Å². The maximum Gasteiger partial charge on any atom is 0.263 e. The van der Waals surface area contributed by atoms with Crippen molar-refractivity contribution in [2.75, 3.05) is 7.11 Å². The molecule has 0 saturated heterocycles. The SMILES string of the molecule is COc1nc(C)cc(C)c1CNC(=O)c1cnc(C2CC2)[nH]c1=O. The molecule has 7 nitrogen and oxygen atoms in total. The molecule has 2 heterocycles. The minimum absolute atomic E-state index is 0.0103. The van der Waals surface area contributed by atoms with Gasteiger partial charge in [-0.15, -0.1) is 0 Å². The van der Waals surface area contributed by atoms with E-state index < -0.39 is 11.5 Å². The van der Waals surface area contributed by atoms with E-state index in [0.717, 1.165) is 29.7 Å². The molecule has 0 bridgehead atoms. The lowest BCUT2D eigenvalue weighted by Gasteiger charge is -2.12. The van der Waals surface area contributed by atoms with Crippen molar-refractivity contribution in [2.45, 2.75) is 39.2 Å². The van der Waals surface area contributed by atoms with E-state index in [9.17, 15) is 9.59 Å². The molecule has 0 unspecified atom stereocenters. The average Bonchev–Trinajstić information content (AvgIpc) is 3.37. The van der Waals surface area contributed by atoms with Crippen LogP contribution in [-0.2, 0) is 6.54 Å². The lowest BCUT2D eigenvalue weighted by Crippen LogP contribution is -2.30. The molecule has 0 spiro atoms. The number of amides is 1. The molecule has 7 heteroatoms. The van der Waals surface area contributed by atoms with Crippen LogP contribution in [0.5, 0.6) is 5.88 Å². The largest absolute Gasteiger partial charge is 0.481 e. The maximum atomic E-state index is 12.3. The van der Waals surface area contributed by atoms with Crippen molar-refractivity contribution < 1.29 is 9.53 Å². The minimum Gasteiger partial charge on any atom is -0.481 e. The Kier molecular flexibility index (Phi) is 4.33. The number of carbonyl (C=O) groups excluding carboxylic acids is 1. The molecule has 1 aliphatic rings. The first-order chi connectivity index (χ1) is 11.5. The third-order valence-corrected chi connectivity index (χ3v) is 4.08. The molecule has 1 aliphatic carbocycles. The van der Waals surface area contributed by atoms with E-state index in [0.29, 0.717) is 17.6 Å². The van der Waals surface area contributed by atoms with E-state index in [1.54, 1.807) is 0 Å². The number of aromatic amines is 1. The summed E-state index contributed by atoms with van der Waals surface area (Å²) in [5.41, 5.74) is 2.20. The fourth-order valence-corrected chi connectivity index (χ4v) is 2.61. The second-order valence-corrected chi connectivity index (χ2v) is 6.04. The molecule has 126 valence electrons. The van der Waals surface area contributed by atoms with Crippen LogP contribution in [0, 0.1) is 13.8 Å². The molecule has 1 saturated carbocycles. The first-order valence-corrected chi connectivity index (χ1v) is 7.88. The highest BCUT2D eigenvalue weighted by atomic mass is 16.5. The predicted octanol–water partition coefficient (Wildman–Crippen LogP) is 1.60. The van der Waals surface area contributed by atoms with Crippen molar-refractivity contribution in [1.29, 1.82) is 0 Å². The molecule has 3 rings (SSSR count). The molecule has 2 N–H and O–H groups in total. The van der Waals surface area contributed by atoms with Crippen LogP contribution in [0.15, 0.2) is 17.1 Å². The second-order valence-electron chi connectivity index (χ2n) is 6.04. The van der Waals surface area contributed by atoms with Gasteiger partial charge in [0.2, 0.25) is 5.88 Å². The van der Waals surface area contributed by atoms with Crippen molar-refractivity contribution in [3.05, 3.63) is 50.8 Å². The second kappa shape index (κ2) is 6.43.